The Labute approximate surface area is 163 Å². The molecular formula is C21H25N3O2S. The van der Waals surface area contributed by atoms with E-state index in [1.807, 2.05) is 23.6 Å². The third kappa shape index (κ3) is 4.06. The molecule has 2 aliphatic heterocycles. The second-order valence-electron chi connectivity index (χ2n) is 7.20. The lowest BCUT2D eigenvalue weighted by Crippen LogP contribution is -2.48. The Kier molecular flexibility index (Phi) is 5.55. The number of amides is 2. The number of carbonyl (C=O) groups is 2. The molecule has 0 bridgehead atoms. The van der Waals surface area contributed by atoms with Crippen LogP contribution in [0.5, 0.6) is 0 Å². The van der Waals surface area contributed by atoms with Crippen LogP contribution < -0.4 is 10.6 Å². The lowest BCUT2D eigenvalue weighted by atomic mass is 9.94. The van der Waals surface area contributed by atoms with Crippen LogP contribution in [-0.4, -0.2) is 42.4 Å². The molecule has 142 valence electrons. The van der Waals surface area contributed by atoms with Crippen molar-refractivity contribution in [3.8, 4) is 0 Å². The van der Waals surface area contributed by atoms with Crippen LogP contribution in [0.3, 0.4) is 0 Å². The number of carbonyl (C=O) groups excluding carboxylic acids is 2. The lowest BCUT2D eigenvalue weighted by Gasteiger charge is -2.29. The first-order valence-corrected chi connectivity index (χ1v) is 10.5. The third-order valence-electron chi connectivity index (χ3n) is 5.48. The molecule has 0 saturated carbocycles. The standard InChI is InChI=1S/C21H25N3O2S/c25-20(13-16-6-4-12-27-16)24-11-3-8-19(24)21(26)23-14-18-17-7-2-1-5-15(17)9-10-22-18/h1-2,4-7,12,18-19,22H,3,8-11,13-14H2,(H,23,26). The molecule has 0 spiro atoms. The van der Waals surface area contributed by atoms with Crippen molar-refractivity contribution < 1.29 is 9.59 Å². The van der Waals surface area contributed by atoms with Gasteiger partial charge in [0.2, 0.25) is 11.8 Å². The Balaban J connectivity index is 1.36. The van der Waals surface area contributed by atoms with E-state index in [0.717, 1.165) is 30.7 Å². The van der Waals surface area contributed by atoms with Gasteiger partial charge in [0.1, 0.15) is 6.04 Å². The summed E-state index contributed by atoms with van der Waals surface area (Å²) in [7, 11) is 0. The minimum atomic E-state index is -0.337. The molecule has 2 aromatic rings. The number of benzene rings is 1. The Morgan fingerprint density at radius 3 is 2.96 bits per heavy atom. The number of nitrogens with one attached hydrogen (secondary N) is 2. The summed E-state index contributed by atoms with van der Waals surface area (Å²) in [5.41, 5.74) is 2.62. The van der Waals surface area contributed by atoms with E-state index in [9.17, 15) is 9.59 Å². The highest BCUT2D eigenvalue weighted by Crippen LogP contribution is 2.23. The molecular weight excluding hydrogens is 358 g/mol. The van der Waals surface area contributed by atoms with Crippen molar-refractivity contribution in [3.05, 3.63) is 57.8 Å². The van der Waals surface area contributed by atoms with Crippen molar-refractivity contribution >= 4 is 23.2 Å². The molecule has 1 aromatic heterocycles. The molecule has 2 N–H and O–H groups in total. The Morgan fingerprint density at radius 1 is 1.22 bits per heavy atom. The van der Waals surface area contributed by atoms with Crippen molar-refractivity contribution in [2.24, 2.45) is 0 Å². The zero-order chi connectivity index (χ0) is 18.6. The van der Waals surface area contributed by atoms with Gasteiger partial charge in [-0.1, -0.05) is 30.3 Å². The van der Waals surface area contributed by atoms with Crippen LogP contribution in [0.4, 0.5) is 0 Å². The minimum Gasteiger partial charge on any atom is -0.352 e. The van der Waals surface area contributed by atoms with E-state index in [2.05, 4.69) is 28.8 Å². The number of fused-ring (bicyclic) bond motifs is 1. The van der Waals surface area contributed by atoms with Gasteiger partial charge in [0.25, 0.3) is 0 Å². The molecule has 5 nitrogen and oxygen atoms in total. The third-order valence-corrected chi connectivity index (χ3v) is 6.35. The summed E-state index contributed by atoms with van der Waals surface area (Å²) in [6, 6.07) is 12.1. The highest BCUT2D eigenvalue weighted by atomic mass is 32.1. The zero-order valence-corrected chi connectivity index (χ0v) is 16.1. The maximum atomic E-state index is 12.8. The minimum absolute atomic E-state index is 0.0307. The van der Waals surface area contributed by atoms with E-state index < -0.39 is 0 Å². The second-order valence-corrected chi connectivity index (χ2v) is 8.23. The predicted molar refractivity (Wildman–Crippen MR) is 107 cm³/mol. The average molecular weight is 384 g/mol. The zero-order valence-electron chi connectivity index (χ0n) is 15.3. The highest BCUT2D eigenvalue weighted by molar-refractivity contribution is 7.10. The number of hydrogen-bond donors (Lipinski definition) is 2. The summed E-state index contributed by atoms with van der Waals surface area (Å²) in [5.74, 6) is 0.0214. The Hall–Kier alpha value is -2.18. The van der Waals surface area contributed by atoms with Crippen molar-refractivity contribution in [3.63, 3.8) is 0 Å². The van der Waals surface area contributed by atoms with Crippen LogP contribution in [0.15, 0.2) is 41.8 Å². The quantitative estimate of drug-likeness (QED) is 0.833. The van der Waals surface area contributed by atoms with Gasteiger partial charge in [-0.2, -0.15) is 0 Å². The number of rotatable bonds is 5. The summed E-state index contributed by atoms with van der Waals surface area (Å²) in [4.78, 5) is 28.2. The topological polar surface area (TPSA) is 61.4 Å². The molecule has 1 saturated heterocycles. The second kappa shape index (κ2) is 8.23. The molecule has 0 radical (unpaired) electrons. The van der Waals surface area contributed by atoms with E-state index in [0.29, 0.717) is 19.5 Å². The largest absolute Gasteiger partial charge is 0.352 e. The smallest absolute Gasteiger partial charge is 0.242 e. The molecule has 1 aromatic carbocycles. The average Bonchev–Trinajstić information content (AvgIpc) is 3.38. The molecule has 2 unspecified atom stereocenters. The highest BCUT2D eigenvalue weighted by Gasteiger charge is 2.34. The van der Waals surface area contributed by atoms with Gasteiger partial charge >= 0.3 is 0 Å². The summed E-state index contributed by atoms with van der Waals surface area (Å²) in [6.07, 6.45) is 3.04. The van der Waals surface area contributed by atoms with Crippen LogP contribution in [0, 0.1) is 0 Å². The van der Waals surface area contributed by atoms with Gasteiger partial charge < -0.3 is 15.5 Å². The maximum absolute atomic E-state index is 12.8. The Bertz CT molecular complexity index is 806. The predicted octanol–water partition coefficient (Wildman–Crippen LogP) is 2.28. The first kappa shape index (κ1) is 18.2. The van der Waals surface area contributed by atoms with E-state index >= 15 is 0 Å². The molecule has 3 heterocycles. The van der Waals surface area contributed by atoms with Crippen LogP contribution in [0.2, 0.25) is 0 Å². The molecule has 6 heteroatoms. The molecule has 2 aliphatic rings. The Morgan fingerprint density at radius 2 is 2.11 bits per heavy atom. The van der Waals surface area contributed by atoms with E-state index in [-0.39, 0.29) is 23.9 Å². The molecule has 1 fully saturated rings. The summed E-state index contributed by atoms with van der Waals surface area (Å²) < 4.78 is 0. The van der Waals surface area contributed by atoms with Crippen LogP contribution in [0.1, 0.15) is 34.9 Å². The fraction of sp³-hybridized carbons (Fsp3) is 0.429. The fourth-order valence-corrected chi connectivity index (χ4v) is 4.79. The van der Waals surface area contributed by atoms with Crippen molar-refractivity contribution in [1.82, 2.24) is 15.5 Å². The fourth-order valence-electron chi connectivity index (χ4n) is 4.10. The van der Waals surface area contributed by atoms with Crippen LogP contribution in [-0.2, 0) is 22.4 Å². The van der Waals surface area contributed by atoms with Crippen molar-refractivity contribution in [2.45, 2.75) is 37.8 Å². The maximum Gasteiger partial charge on any atom is 0.242 e. The first-order valence-electron chi connectivity index (χ1n) is 9.63. The normalized spacial score (nSPS) is 21.7. The van der Waals surface area contributed by atoms with E-state index in [1.54, 1.807) is 16.2 Å². The number of nitrogens with zero attached hydrogens (tertiary/aromatic N) is 1. The van der Waals surface area contributed by atoms with E-state index in [1.165, 1.54) is 11.1 Å². The molecule has 0 aliphatic carbocycles. The van der Waals surface area contributed by atoms with Crippen LogP contribution >= 0.6 is 11.3 Å². The SMILES string of the molecule is O=C(NCC1NCCc2ccccc21)C1CCCN1C(=O)Cc1cccs1. The van der Waals surface area contributed by atoms with E-state index in [4.69, 9.17) is 0 Å². The van der Waals surface area contributed by atoms with Gasteiger partial charge in [-0.3, -0.25) is 9.59 Å². The number of thiophene rings is 1. The van der Waals surface area contributed by atoms with Gasteiger partial charge in [-0.05, 0) is 48.4 Å². The molecule has 2 amide bonds. The summed E-state index contributed by atoms with van der Waals surface area (Å²) in [5, 5.41) is 8.56. The van der Waals surface area contributed by atoms with Gasteiger partial charge in [0.05, 0.1) is 6.42 Å². The van der Waals surface area contributed by atoms with Gasteiger partial charge in [-0.25, -0.2) is 0 Å². The summed E-state index contributed by atoms with van der Waals surface area (Å²) >= 11 is 1.59. The van der Waals surface area contributed by atoms with Crippen LogP contribution in [0.25, 0.3) is 0 Å². The molecule has 2 atom stereocenters. The van der Waals surface area contributed by atoms with Gasteiger partial charge in [0, 0.05) is 24.0 Å². The molecule has 27 heavy (non-hydrogen) atoms. The van der Waals surface area contributed by atoms with Crippen molar-refractivity contribution in [2.75, 3.05) is 19.6 Å². The number of hydrogen-bond acceptors (Lipinski definition) is 4. The lowest BCUT2D eigenvalue weighted by molar-refractivity contribution is -0.137. The molecule has 4 rings (SSSR count). The number of likely N-dealkylation sites (tertiary alicyclic amines) is 1. The summed E-state index contributed by atoms with van der Waals surface area (Å²) in [6.45, 7) is 2.15. The van der Waals surface area contributed by atoms with Gasteiger partial charge in [-0.15, -0.1) is 11.3 Å². The van der Waals surface area contributed by atoms with Crippen molar-refractivity contribution in [1.29, 1.82) is 0 Å². The first-order chi connectivity index (χ1) is 13.2. The monoisotopic (exact) mass is 383 g/mol. The van der Waals surface area contributed by atoms with Gasteiger partial charge in [0.15, 0.2) is 0 Å².